The van der Waals surface area contributed by atoms with Gasteiger partial charge in [0, 0.05) is 16.5 Å². The summed E-state index contributed by atoms with van der Waals surface area (Å²) in [5.41, 5.74) is 8.03. The summed E-state index contributed by atoms with van der Waals surface area (Å²) < 4.78 is 13.8. The topological polar surface area (TPSA) is 38.9 Å². The van der Waals surface area contributed by atoms with Gasteiger partial charge in [-0.1, -0.05) is 26.0 Å². The maximum atomic E-state index is 13.8. The fourth-order valence-corrected chi connectivity index (χ4v) is 3.85. The average molecular weight is 276 g/mol. The molecule has 0 amide bonds. The zero-order valence-electron chi connectivity index (χ0n) is 11.1. The fourth-order valence-electron chi connectivity index (χ4n) is 2.74. The molecule has 0 fully saturated rings. The van der Waals surface area contributed by atoms with Crippen molar-refractivity contribution in [3.05, 3.63) is 40.7 Å². The number of nitrogens with zero attached hydrogens (tertiary/aromatic N) is 1. The van der Waals surface area contributed by atoms with E-state index in [0.717, 1.165) is 28.4 Å². The minimum atomic E-state index is -0.221. The Bertz CT molecular complexity index is 618. The van der Waals surface area contributed by atoms with E-state index in [2.05, 4.69) is 18.8 Å². The van der Waals surface area contributed by atoms with Crippen LogP contribution in [0, 0.1) is 11.2 Å². The van der Waals surface area contributed by atoms with Crippen molar-refractivity contribution in [2.45, 2.75) is 32.7 Å². The summed E-state index contributed by atoms with van der Waals surface area (Å²) in [6.45, 7) is 4.41. The summed E-state index contributed by atoms with van der Waals surface area (Å²) in [4.78, 5) is 5.75. The monoisotopic (exact) mass is 276 g/mol. The number of aromatic nitrogens is 1. The molecule has 1 unspecified atom stereocenters. The van der Waals surface area contributed by atoms with Crippen LogP contribution in [0.2, 0.25) is 0 Å². The predicted octanol–water partition coefficient (Wildman–Crippen LogP) is 3.92. The summed E-state index contributed by atoms with van der Waals surface area (Å²) in [5.74, 6) is -0.221. The van der Waals surface area contributed by atoms with Crippen LogP contribution in [0.3, 0.4) is 0 Å². The Labute approximate surface area is 116 Å². The molecule has 4 heteroatoms. The highest BCUT2D eigenvalue weighted by atomic mass is 32.1. The molecular formula is C15H17FN2S. The molecule has 1 aromatic heterocycles. The molecule has 19 heavy (non-hydrogen) atoms. The number of benzene rings is 1. The van der Waals surface area contributed by atoms with Gasteiger partial charge in [-0.05, 0) is 30.4 Å². The largest absolute Gasteiger partial charge is 0.323 e. The Morgan fingerprint density at radius 3 is 2.84 bits per heavy atom. The zero-order chi connectivity index (χ0) is 13.6. The van der Waals surface area contributed by atoms with Crippen LogP contribution in [-0.4, -0.2) is 4.98 Å². The van der Waals surface area contributed by atoms with E-state index in [0.29, 0.717) is 5.56 Å². The number of thiazole rings is 1. The number of hydrogen-bond acceptors (Lipinski definition) is 3. The minimum Gasteiger partial charge on any atom is -0.323 e. The molecule has 100 valence electrons. The molecule has 1 aromatic carbocycles. The van der Waals surface area contributed by atoms with Gasteiger partial charge in [-0.25, -0.2) is 9.37 Å². The van der Waals surface area contributed by atoms with Crippen LogP contribution >= 0.6 is 11.3 Å². The molecule has 1 aliphatic carbocycles. The molecular weight excluding hydrogens is 259 g/mol. The van der Waals surface area contributed by atoms with Gasteiger partial charge >= 0.3 is 0 Å². The number of rotatable bonds is 1. The van der Waals surface area contributed by atoms with Crippen molar-refractivity contribution in [2.24, 2.45) is 11.1 Å². The zero-order valence-corrected chi connectivity index (χ0v) is 11.9. The average Bonchev–Trinajstić information content (AvgIpc) is 2.71. The third kappa shape index (κ3) is 2.30. The van der Waals surface area contributed by atoms with Gasteiger partial charge in [0.15, 0.2) is 0 Å². The van der Waals surface area contributed by atoms with Crippen LogP contribution in [0.4, 0.5) is 4.39 Å². The maximum absolute atomic E-state index is 13.8. The van der Waals surface area contributed by atoms with E-state index in [-0.39, 0.29) is 17.3 Å². The second-order valence-corrected chi connectivity index (χ2v) is 6.99. The summed E-state index contributed by atoms with van der Waals surface area (Å²) in [7, 11) is 0. The van der Waals surface area contributed by atoms with Crippen molar-refractivity contribution in [2.75, 3.05) is 0 Å². The molecule has 0 aliphatic heterocycles. The first kappa shape index (κ1) is 12.8. The van der Waals surface area contributed by atoms with E-state index in [1.807, 2.05) is 6.07 Å². The summed E-state index contributed by atoms with van der Waals surface area (Å²) in [5, 5.41) is 0.747. The normalized spacial score (nSPS) is 21.2. The van der Waals surface area contributed by atoms with Gasteiger partial charge in [-0.3, -0.25) is 0 Å². The van der Waals surface area contributed by atoms with E-state index in [4.69, 9.17) is 5.73 Å². The van der Waals surface area contributed by atoms with Crippen LogP contribution in [-0.2, 0) is 6.42 Å². The molecule has 2 aromatic rings. The molecule has 1 aliphatic rings. The van der Waals surface area contributed by atoms with E-state index in [1.54, 1.807) is 12.1 Å². The quantitative estimate of drug-likeness (QED) is 0.857. The van der Waals surface area contributed by atoms with Crippen LogP contribution in [0.25, 0.3) is 10.6 Å². The number of halogens is 1. The van der Waals surface area contributed by atoms with E-state index in [9.17, 15) is 4.39 Å². The molecule has 0 radical (unpaired) electrons. The fraction of sp³-hybridized carbons (Fsp3) is 0.400. The molecule has 2 nitrogen and oxygen atoms in total. The van der Waals surface area contributed by atoms with Gasteiger partial charge in [0.05, 0.1) is 5.69 Å². The predicted molar refractivity (Wildman–Crippen MR) is 76.5 cm³/mol. The smallest absolute Gasteiger partial charge is 0.133 e. The Kier molecular flexibility index (Phi) is 2.95. The molecule has 2 N–H and O–H groups in total. The highest BCUT2D eigenvalue weighted by Gasteiger charge is 2.33. The van der Waals surface area contributed by atoms with E-state index in [1.165, 1.54) is 17.4 Å². The maximum Gasteiger partial charge on any atom is 0.133 e. The Balaban J connectivity index is 2.07. The SMILES string of the molecule is CC1(C)Cc2nc(-c3ccccc3F)sc2C(N)C1. The molecule has 0 spiro atoms. The van der Waals surface area contributed by atoms with Crippen molar-refractivity contribution in [3.8, 4) is 10.6 Å². The Morgan fingerprint density at radius 1 is 1.37 bits per heavy atom. The lowest BCUT2D eigenvalue weighted by molar-refractivity contribution is 0.282. The van der Waals surface area contributed by atoms with Gasteiger partial charge in [0.1, 0.15) is 10.8 Å². The van der Waals surface area contributed by atoms with Crippen molar-refractivity contribution < 1.29 is 4.39 Å². The lowest BCUT2D eigenvalue weighted by atomic mass is 9.77. The standard InChI is InChI=1S/C15H17FN2S/c1-15(2)7-11(17)13-12(8-15)18-14(19-13)9-5-3-4-6-10(9)16/h3-6,11H,7-8,17H2,1-2H3. The highest BCUT2D eigenvalue weighted by molar-refractivity contribution is 7.15. The number of hydrogen-bond donors (Lipinski definition) is 1. The van der Waals surface area contributed by atoms with Gasteiger partial charge in [-0.15, -0.1) is 11.3 Å². The van der Waals surface area contributed by atoms with Crippen LogP contribution in [0.15, 0.2) is 24.3 Å². The number of nitrogens with two attached hydrogens (primary N) is 1. The van der Waals surface area contributed by atoms with Crippen molar-refractivity contribution in [3.63, 3.8) is 0 Å². The third-order valence-corrected chi connectivity index (χ3v) is 4.85. The molecule has 0 saturated heterocycles. The molecule has 0 bridgehead atoms. The minimum absolute atomic E-state index is 0.0248. The second-order valence-electron chi connectivity index (χ2n) is 5.96. The third-order valence-electron chi connectivity index (χ3n) is 3.59. The Hall–Kier alpha value is -1.26. The van der Waals surface area contributed by atoms with Crippen LogP contribution in [0.1, 0.15) is 36.9 Å². The molecule has 1 heterocycles. The van der Waals surface area contributed by atoms with E-state index < -0.39 is 0 Å². The van der Waals surface area contributed by atoms with Gasteiger partial charge in [0.25, 0.3) is 0 Å². The summed E-state index contributed by atoms with van der Waals surface area (Å²) in [6, 6.07) is 6.80. The Morgan fingerprint density at radius 2 is 2.11 bits per heavy atom. The van der Waals surface area contributed by atoms with Crippen LogP contribution in [0.5, 0.6) is 0 Å². The number of fused-ring (bicyclic) bond motifs is 1. The molecule has 1 atom stereocenters. The first-order valence-corrected chi connectivity index (χ1v) is 7.28. The first-order valence-electron chi connectivity index (χ1n) is 6.46. The van der Waals surface area contributed by atoms with Gasteiger partial charge in [-0.2, -0.15) is 0 Å². The van der Waals surface area contributed by atoms with Crippen molar-refractivity contribution in [1.82, 2.24) is 4.98 Å². The summed E-state index contributed by atoms with van der Waals surface area (Å²) >= 11 is 1.54. The summed E-state index contributed by atoms with van der Waals surface area (Å²) in [6.07, 6.45) is 1.87. The second kappa shape index (κ2) is 4.39. The van der Waals surface area contributed by atoms with Gasteiger partial charge in [0.2, 0.25) is 0 Å². The van der Waals surface area contributed by atoms with E-state index >= 15 is 0 Å². The lowest BCUT2D eigenvalue weighted by Gasteiger charge is -2.32. The van der Waals surface area contributed by atoms with Crippen molar-refractivity contribution >= 4 is 11.3 Å². The lowest BCUT2D eigenvalue weighted by Crippen LogP contribution is -2.28. The molecule has 3 rings (SSSR count). The first-order chi connectivity index (χ1) is 8.96. The molecule has 0 saturated carbocycles. The van der Waals surface area contributed by atoms with Crippen LogP contribution < -0.4 is 5.73 Å². The van der Waals surface area contributed by atoms with Gasteiger partial charge < -0.3 is 5.73 Å². The van der Waals surface area contributed by atoms with Crippen molar-refractivity contribution in [1.29, 1.82) is 0 Å². The highest BCUT2D eigenvalue weighted by Crippen LogP contribution is 2.43.